The van der Waals surface area contributed by atoms with Crippen LogP contribution < -0.4 is 14.4 Å². The predicted octanol–water partition coefficient (Wildman–Crippen LogP) is 3.68. The van der Waals surface area contributed by atoms with Crippen molar-refractivity contribution in [1.29, 1.82) is 0 Å². The molecule has 0 unspecified atom stereocenters. The zero-order valence-electron chi connectivity index (χ0n) is 14.2. The van der Waals surface area contributed by atoms with Gasteiger partial charge in [0.2, 0.25) is 11.9 Å². The summed E-state index contributed by atoms with van der Waals surface area (Å²) in [6.07, 6.45) is 4.43. The minimum absolute atomic E-state index is 0.240. The second-order valence-corrected chi connectivity index (χ2v) is 8.07. The average Bonchev–Trinajstić information content (AvgIpc) is 3.23. The molecule has 2 aliphatic heterocycles. The van der Waals surface area contributed by atoms with Crippen molar-refractivity contribution in [2.45, 2.75) is 39.5 Å². The molecule has 1 fully saturated rings. The Morgan fingerprint density at radius 1 is 1.25 bits per heavy atom. The van der Waals surface area contributed by atoms with Gasteiger partial charge >= 0.3 is 0 Å². The fourth-order valence-electron chi connectivity index (χ4n) is 3.68. The SMILES string of the molecule is CCc1nnc(N2CCC[C@](C)(Cc3ccc4c(c3)OCO4)C2)s1. The van der Waals surface area contributed by atoms with Crippen molar-refractivity contribution in [3.8, 4) is 11.5 Å². The average molecular weight is 345 g/mol. The highest BCUT2D eigenvalue weighted by molar-refractivity contribution is 7.15. The summed E-state index contributed by atoms with van der Waals surface area (Å²) in [5.74, 6) is 1.73. The summed E-state index contributed by atoms with van der Waals surface area (Å²) in [6, 6.07) is 6.32. The summed E-state index contributed by atoms with van der Waals surface area (Å²) in [5.41, 5.74) is 1.55. The van der Waals surface area contributed by atoms with Gasteiger partial charge in [-0.2, -0.15) is 0 Å². The molecule has 4 rings (SSSR count). The highest BCUT2D eigenvalue weighted by Crippen LogP contribution is 2.39. The lowest BCUT2D eigenvalue weighted by atomic mass is 9.77. The van der Waals surface area contributed by atoms with E-state index in [0.29, 0.717) is 6.79 Å². The van der Waals surface area contributed by atoms with E-state index in [4.69, 9.17) is 9.47 Å². The van der Waals surface area contributed by atoms with E-state index in [1.54, 1.807) is 11.3 Å². The first kappa shape index (κ1) is 15.7. The van der Waals surface area contributed by atoms with Gasteiger partial charge in [-0.15, -0.1) is 10.2 Å². The minimum Gasteiger partial charge on any atom is -0.454 e. The normalized spacial score (nSPS) is 22.8. The van der Waals surface area contributed by atoms with Crippen LogP contribution in [-0.2, 0) is 12.8 Å². The number of hydrogen-bond acceptors (Lipinski definition) is 6. The Balaban J connectivity index is 1.49. The number of piperidine rings is 1. The highest BCUT2D eigenvalue weighted by atomic mass is 32.1. The summed E-state index contributed by atoms with van der Waals surface area (Å²) in [4.78, 5) is 2.41. The summed E-state index contributed by atoms with van der Waals surface area (Å²) in [7, 11) is 0. The van der Waals surface area contributed by atoms with Gasteiger partial charge in [-0.3, -0.25) is 0 Å². The van der Waals surface area contributed by atoms with Crippen molar-refractivity contribution in [2.75, 3.05) is 24.8 Å². The maximum Gasteiger partial charge on any atom is 0.231 e. The number of aromatic nitrogens is 2. The lowest BCUT2D eigenvalue weighted by molar-refractivity contribution is 0.174. The summed E-state index contributed by atoms with van der Waals surface area (Å²) in [6.45, 7) is 6.95. The Hall–Kier alpha value is -1.82. The zero-order valence-corrected chi connectivity index (χ0v) is 15.1. The van der Waals surface area contributed by atoms with Gasteiger partial charge in [0, 0.05) is 13.1 Å². The number of fused-ring (bicyclic) bond motifs is 1. The maximum absolute atomic E-state index is 5.52. The first-order valence-corrected chi connectivity index (χ1v) is 9.43. The standard InChI is InChI=1S/C18H23N3O2S/c1-3-16-19-20-17(24-16)21-8-4-7-18(2,11-21)10-13-5-6-14-15(9-13)23-12-22-14/h5-6,9H,3-4,7-8,10-12H2,1-2H3/t18-/m1/s1. The number of aryl methyl sites for hydroxylation is 1. The van der Waals surface area contributed by atoms with Crippen LogP contribution in [0.25, 0.3) is 0 Å². The smallest absolute Gasteiger partial charge is 0.231 e. The fourth-order valence-corrected chi connectivity index (χ4v) is 4.49. The van der Waals surface area contributed by atoms with E-state index in [1.807, 2.05) is 6.07 Å². The number of benzene rings is 1. The van der Waals surface area contributed by atoms with Crippen molar-refractivity contribution in [1.82, 2.24) is 10.2 Å². The Morgan fingerprint density at radius 3 is 2.96 bits per heavy atom. The largest absolute Gasteiger partial charge is 0.454 e. The van der Waals surface area contributed by atoms with Crippen LogP contribution in [0.3, 0.4) is 0 Å². The number of ether oxygens (including phenoxy) is 2. The third-order valence-corrected chi connectivity index (χ3v) is 6.01. The van der Waals surface area contributed by atoms with Crippen LogP contribution in [0.15, 0.2) is 18.2 Å². The molecule has 0 radical (unpaired) electrons. The third kappa shape index (κ3) is 3.07. The van der Waals surface area contributed by atoms with Crippen LogP contribution in [0.5, 0.6) is 11.5 Å². The first-order chi connectivity index (χ1) is 11.6. The van der Waals surface area contributed by atoms with Crippen LogP contribution in [0.2, 0.25) is 0 Å². The van der Waals surface area contributed by atoms with Crippen LogP contribution in [0, 0.1) is 5.41 Å². The Kier molecular flexibility index (Phi) is 4.08. The molecule has 0 amide bonds. The molecule has 3 heterocycles. The Morgan fingerprint density at radius 2 is 2.12 bits per heavy atom. The molecule has 0 saturated carbocycles. The summed E-state index contributed by atoms with van der Waals surface area (Å²) in [5, 5.41) is 10.9. The van der Waals surface area contributed by atoms with Crippen molar-refractivity contribution in [3.63, 3.8) is 0 Å². The molecule has 6 heteroatoms. The fraction of sp³-hybridized carbons (Fsp3) is 0.556. The molecule has 0 N–H and O–H groups in total. The number of hydrogen-bond donors (Lipinski definition) is 0. The molecule has 1 aromatic heterocycles. The molecule has 128 valence electrons. The number of rotatable bonds is 4. The summed E-state index contributed by atoms with van der Waals surface area (Å²) < 4.78 is 10.9. The van der Waals surface area contributed by atoms with Gasteiger partial charge in [0.1, 0.15) is 5.01 Å². The van der Waals surface area contributed by atoms with Gasteiger partial charge in [0.15, 0.2) is 11.5 Å². The number of anilines is 1. The molecule has 0 spiro atoms. The maximum atomic E-state index is 5.52. The third-order valence-electron chi connectivity index (χ3n) is 4.88. The molecule has 0 aliphatic carbocycles. The molecule has 5 nitrogen and oxygen atoms in total. The molecule has 1 aromatic carbocycles. The lowest BCUT2D eigenvalue weighted by Crippen LogP contribution is -2.42. The molecule has 24 heavy (non-hydrogen) atoms. The van der Waals surface area contributed by atoms with Gasteiger partial charge in [-0.05, 0) is 48.8 Å². The molecule has 0 bridgehead atoms. The van der Waals surface area contributed by atoms with Crippen molar-refractivity contribution in [2.24, 2.45) is 5.41 Å². The van der Waals surface area contributed by atoms with Gasteiger partial charge in [0.25, 0.3) is 0 Å². The van der Waals surface area contributed by atoms with Crippen LogP contribution in [0.1, 0.15) is 37.3 Å². The second kappa shape index (κ2) is 6.24. The van der Waals surface area contributed by atoms with Gasteiger partial charge < -0.3 is 14.4 Å². The second-order valence-electron chi connectivity index (χ2n) is 7.03. The molecule has 1 saturated heterocycles. The van der Waals surface area contributed by atoms with Crippen LogP contribution in [-0.4, -0.2) is 30.1 Å². The first-order valence-electron chi connectivity index (χ1n) is 8.61. The van der Waals surface area contributed by atoms with E-state index < -0.39 is 0 Å². The van der Waals surface area contributed by atoms with E-state index in [0.717, 1.165) is 47.6 Å². The van der Waals surface area contributed by atoms with Gasteiger partial charge in [0.05, 0.1) is 0 Å². The molecule has 1 atom stereocenters. The molecular formula is C18H23N3O2S. The summed E-state index contributed by atoms with van der Waals surface area (Å²) >= 11 is 1.73. The molecule has 2 aliphatic rings. The van der Waals surface area contributed by atoms with Gasteiger partial charge in [-0.25, -0.2) is 0 Å². The van der Waals surface area contributed by atoms with E-state index >= 15 is 0 Å². The van der Waals surface area contributed by atoms with E-state index in [1.165, 1.54) is 18.4 Å². The quantitative estimate of drug-likeness (QED) is 0.846. The Bertz CT molecular complexity index is 733. The van der Waals surface area contributed by atoms with Crippen molar-refractivity contribution >= 4 is 16.5 Å². The topological polar surface area (TPSA) is 47.5 Å². The monoisotopic (exact) mass is 345 g/mol. The lowest BCUT2D eigenvalue weighted by Gasteiger charge is -2.40. The van der Waals surface area contributed by atoms with Crippen molar-refractivity contribution in [3.05, 3.63) is 28.8 Å². The zero-order chi connectivity index (χ0) is 16.6. The van der Waals surface area contributed by atoms with E-state index in [2.05, 4.69) is 41.1 Å². The van der Waals surface area contributed by atoms with Gasteiger partial charge in [-0.1, -0.05) is 31.3 Å². The van der Waals surface area contributed by atoms with E-state index in [-0.39, 0.29) is 5.41 Å². The minimum atomic E-state index is 0.240. The Labute approximate surface area is 146 Å². The van der Waals surface area contributed by atoms with Crippen LogP contribution in [0.4, 0.5) is 5.13 Å². The highest BCUT2D eigenvalue weighted by Gasteiger charge is 2.33. The molecule has 2 aromatic rings. The predicted molar refractivity (Wildman–Crippen MR) is 95.1 cm³/mol. The van der Waals surface area contributed by atoms with Crippen molar-refractivity contribution < 1.29 is 9.47 Å². The number of nitrogens with zero attached hydrogens (tertiary/aromatic N) is 3. The van der Waals surface area contributed by atoms with Crippen LogP contribution >= 0.6 is 11.3 Å². The van der Waals surface area contributed by atoms with E-state index in [9.17, 15) is 0 Å². The molecular weight excluding hydrogens is 322 g/mol.